The van der Waals surface area contributed by atoms with Crippen LogP contribution in [0.1, 0.15) is 24.3 Å². The summed E-state index contributed by atoms with van der Waals surface area (Å²) in [5.74, 6) is -1.35. The Hall–Kier alpha value is -1.51. The number of benzene rings is 1. The third-order valence-electron chi connectivity index (χ3n) is 4.71. The fraction of sp³-hybridized carbons (Fsp3) is 0.353. The average molecular weight is 428 g/mol. The van der Waals surface area contributed by atoms with E-state index in [0.717, 1.165) is 0 Å². The van der Waals surface area contributed by atoms with Gasteiger partial charge in [-0.15, -0.1) is 0 Å². The number of carbonyl (C=O) groups is 1. The number of rotatable bonds is 1. The van der Waals surface area contributed by atoms with Crippen LogP contribution in [-0.4, -0.2) is 33.2 Å². The molecule has 5 nitrogen and oxygen atoms in total. The van der Waals surface area contributed by atoms with Gasteiger partial charge >= 0.3 is 0 Å². The van der Waals surface area contributed by atoms with Crippen LogP contribution in [-0.2, 0) is 19.4 Å². The Balaban J connectivity index is 1.97. The number of ketones is 1. The predicted octanol–water partition coefficient (Wildman–Crippen LogP) is 2.55. The SMILES string of the molecule is O=C1COCC2=C1C(c1ccc(F)c(Br)c1)C1=C(CCCS1(=O)=O)N2. The Morgan fingerprint density at radius 2 is 2.04 bits per heavy atom. The van der Waals surface area contributed by atoms with Crippen LogP contribution in [0, 0.1) is 5.82 Å². The fourth-order valence-electron chi connectivity index (χ4n) is 3.67. The van der Waals surface area contributed by atoms with Crippen LogP contribution in [0.25, 0.3) is 0 Å². The standard InChI is InChI=1S/C17H15BrFNO4S/c18-10-6-9(3-4-11(10)19)15-16-13(7-24-8-14(16)21)20-12-2-1-5-25(22,23)17(12)15/h3-4,6,15,20H,1-2,5,7-8H2. The normalized spacial score (nSPS) is 25.4. The summed E-state index contributed by atoms with van der Waals surface area (Å²) in [4.78, 5) is 12.8. The molecule has 1 aromatic carbocycles. The molecule has 0 aromatic heterocycles. The van der Waals surface area contributed by atoms with E-state index in [9.17, 15) is 17.6 Å². The number of sulfone groups is 1. The second kappa shape index (κ2) is 6.03. The van der Waals surface area contributed by atoms with Crippen LogP contribution in [0.4, 0.5) is 4.39 Å². The van der Waals surface area contributed by atoms with E-state index in [2.05, 4.69) is 21.2 Å². The van der Waals surface area contributed by atoms with Crippen molar-refractivity contribution in [3.05, 3.63) is 55.9 Å². The number of allylic oxidation sites excluding steroid dienone is 2. The smallest absolute Gasteiger partial charge is 0.187 e. The van der Waals surface area contributed by atoms with E-state index < -0.39 is 21.6 Å². The first kappa shape index (κ1) is 16.9. The molecular weight excluding hydrogens is 413 g/mol. The third-order valence-corrected chi connectivity index (χ3v) is 7.29. The van der Waals surface area contributed by atoms with Crippen molar-refractivity contribution >= 4 is 31.6 Å². The van der Waals surface area contributed by atoms with E-state index in [4.69, 9.17) is 4.74 Å². The monoisotopic (exact) mass is 427 g/mol. The summed E-state index contributed by atoms with van der Waals surface area (Å²) in [6, 6.07) is 4.37. The Morgan fingerprint density at radius 3 is 2.80 bits per heavy atom. The summed E-state index contributed by atoms with van der Waals surface area (Å²) in [5.41, 5.74) is 2.22. The van der Waals surface area contributed by atoms with Gasteiger partial charge in [0, 0.05) is 17.0 Å². The van der Waals surface area contributed by atoms with Crippen molar-refractivity contribution < 1.29 is 22.3 Å². The molecule has 1 unspecified atom stereocenters. The van der Waals surface area contributed by atoms with Gasteiger partial charge in [0.05, 0.1) is 27.7 Å². The average Bonchev–Trinajstić information content (AvgIpc) is 2.55. The lowest BCUT2D eigenvalue weighted by Crippen LogP contribution is -2.40. The van der Waals surface area contributed by atoms with Crippen molar-refractivity contribution in [2.45, 2.75) is 18.8 Å². The molecule has 3 aliphatic heterocycles. The zero-order chi connectivity index (χ0) is 17.8. The van der Waals surface area contributed by atoms with E-state index >= 15 is 0 Å². The molecule has 0 fully saturated rings. The predicted molar refractivity (Wildman–Crippen MR) is 92.9 cm³/mol. The number of hydrogen-bond donors (Lipinski definition) is 1. The van der Waals surface area contributed by atoms with Gasteiger partial charge in [-0.2, -0.15) is 0 Å². The molecular formula is C17H15BrFNO4S. The maximum atomic E-state index is 13.7. The van der Waals surface area contributed by atoms with Crippen LogP contribution < -0.4 is 5.32 Å². The zero-order valence-electron chi connectivity index (χ0n) is 13.1. The minimum Gasteiger partial charge on any atom is -0.367 e. The number of carbonyl (C=O) groups excluding carboxylic acids is 1. The molecule has 0 bridgehead atoms. The Morgan fingerprint density at radius 1 is 1.24 bits per heavy atom. The summed E-state index contributed by atoms with van der Waals surface area (Å²) in [5, 5.41) is 3.12. The summed E-state index contributed by atoms with van der Waals surface area (Å²) in [7, 11) is -3.50. The minimum atomic E-state index is -3.50. The maximum Gasteiger partial charge on any atom is 0.187 e. The van der Waals surface area contributed by atoms with Crippen LogP contribution in [0.5, 0.6) is 0 Å². The molecule has 132 valence electrons. The number of dihydropyridines is 1. The third kappa shape index (κ3) is 2.76. The quantitative estimate of drug-likeness (QED) is 0.745. The number of nitrogens with one attached hydrogen (secondary N) is 1. The van der Waals surface area contributed by atoms with Crippen molar-refractivity contribution in [1.29, 1.82) is 0 Å². The van der Waals surface area contributed by atoms with E-state index in [0.29, 0.717) is 35.4 Å². The molecule has 1 atom stereocenters. The van der Waals surface area contributed by atoms with Crippen molar-refractivity contribution in [1.82, 2.24) is 5.32 Å². The van der Waals surface area contributed by atoms with Gasteiger partial charge in [0.15, 0.2) is 15.6 Å². The van der Waals surface area contributed by atoms with E-state index in [1.165, 1.54) is 12.1 Å². The molecule has 4 rings (SSSR count). The maximum absolute atomic E-state index is 13.7. The molecule has 1 N–H and O–H groups in total. The molecule has 3 aliphatic rings. The summed E-state index contributed by atoms with van der Waals surface area (Å²) in [6.45, 7) is 0.152. The van der Waals surface area contributed by atoms with Crippen LogP contribution in [0.2, 0.25) is 0 Å². The van der Waals surface area contributed by atoms with Crippen molar-refractivity contribution in [2.75, 3.05) is 19.0 Å². The summed E-state index contributed by atoms with van der Waals surface area (Å²) >= 11 is 3.15. The van der Waals surface area contributed by atoms with Crippen LogP contribution in [0.3, 0.4) is 0 Å². The fourth-order valence-corrected chi connectivity index (χ4v) is 5.95. The number of halogens is 2. The second-order valence-corrected chi connectivity index (χ2v) is 9.24. The summed E-state index contributed by atoms with van der Waals surface area (Å²) < 4.78 is 44.8. The second-order valence-electron chi connectivity index (χ2n) is 6.30. The van der Waals surface area contributed by atoms with Gasteiger partial charge in [0.25, 0.3) is 0 Å². The molecule has 0 radical (unpaired) electrons. The lowest BCUT2D eigenvalue weighted by atomic mass is 9.83. The van der Waals surface area contributed by atoms with E-state index in [-0.39, 0.29) is 34.1 Å². The minimum absolute atomic E-state index is 0.0552. The highest BCUT2D eigenvalue weighted by molar-refractivity contribution is 9.10. The van der Waals surface area contributed by atoms with Gasteiger partial charge in [-0.3, -0.25) is 4.79 Å². The van der Waals surface area contributed by atoms with E-state index in [1.54, 1.807) is 6.07 Å². The first-order valence-electron chi connectivity index (χ1n) is 7.90. The lowest BCUT2D eigenvalue weighted by molar-refractivity contribution is -0.121. The summed E-state index contributed by atoms with van der Waals surface area (Å²) in [6.07, 6.45) is 1.13. The van der Waals surface area contributed by atoms with Crippen LogP contribution in [0.15, 0.2) is 44.5 Å². The van der Waals surface area contributed by atoms with E-state index in [1.807, 2.05) is 0 Å². The largest absolute Gasteiger partial charge is 0.367 e. The molecule has 25 heavy (non-hydrogen) atoms. The molecule has 0 saturated heterocycles. The molecule has 0 saturated carbocycles. The molecule has 0 spiro atoms. The first-order chi connectivity index (χ1) is 11.9. The van der Waals surface area contributed by atoms with Gasteiger partial charge < -0.3 is 10.1 Å². The van der Waals surface area contributed by atoms with Crippen molar-refractivity contribution in [3.63, 3.8) is 0 Å². The number of hydrogen-bond acceptors (Lipinski definition) is 5. The Labute approximate surface area is 153 Å². The van der Waals surface area contributed by atoms with Crippen LogP contribution >= 0.6 is 15.9 Å². The highest BCUT2D eigenvalue weighted by Crippen LogP contribution is 2.45. The number of ether oxygens (including phenoxy) is 1. The van der Waals surface area contributed by atoms with Gasteiger partial charge in [-0.1, -0.05) is 6.07 Å². The highest BCUT2D eigenvalue weighted by atomic mass is 79.9. The van der Waals surface area contributed by atoms with Crippen molar-refractivity contribution in [3.8, 4) is 0 Å². The molecule has 0 amide bonds. The Kier molecular flexibility index (Phi) is 4.09. The Bertz CT molecular complexity index is 951. The van der Waals surface area contributed by atoms with Gasteiger partial charge in [0.2, 0.25) is 0 Å². The molecule has 0 aliphatic carbocycles. The number of Topliss-reactive ketones (excluding diaryl/α,β-unsaturated/α-hetero) is 1. The van der Waals surface area contributed by atoms with Crippen molar-refractivity contribution in [2.24, 2.45) is 0 Å². The van der Waals surface area contributed by atoms with Gasteiger partial charge in [-0.05, 0) is 46.5 Å². The molecule has 1 aromatic rings. The van der Waals surface area contributed by atoms with Gasteiger partial charge in [0.1, 0.15) is 12.4 Å². The zero-order valence-corrected chi connectivity index (χ0v) is 15.5. The highest BCUT2D eigenvalue weighted by Gasteiger charge is 2.43. The molecule has 3 heterocycles. The molecule has 8 heteroatoms. The lowest BCUT2D eigenvalue weighted by Gasteiger charge is -2.37. The topological polar surface area (TPSA) is 72.5 Å². The van der Waals surface area contributed by atoms with Gasteiger partial charge in [-0.25, -0.2) is 12.8 Å². The first-order valence-corrected chi connectivity index (χ1v) is 10.3.